The van der Waals surface area contributed by atoms with Crippen molar-refractivity contribution in [1.29, 1.82) is 0 Å². The molecule has 0 fully saturated rings. The highest BCUT2D eigenvalue weighted by Crippen LogP contribution is 2.15. The van der Waals surface area contributed by atoms with Gasteiger partial charge in [0.25, 0.3) is 0 Å². The Kier molecular flexibility index (Phi) is 5.66. The first-order valence-electron chi connectivity index (χ1n) is 6.07. The van der Waals surface area contributed by atoms with Crippen LogP contribution < -0.4 is 10.5 Å². The molecule has 3 N–H and O–H groups in total. The Labute approximate surface area is 119 Å². The maximum absolute atomic E-state index is 11.6. The van der Waals surface area contributed by atoms with E-state index < -0.39 is 10.0 Å². The van der Waals surface area contributed by atoms with E-state index in [9.17, 15) is 13.2 Å². The van der Waals surface area contributed by atoms with Crippen molar-refractivity contribution in [2.75, 3.05) is 0 Å². The maximum atomic E-state index is 11.6. The number of rotatable bonds is 5. The Morgan fingerprint density at radius 2 is 1.85 bits per heavy atom. The van der Waals surface area contributed by atoms with Crippen molar-refractivity contribution < 1.29 is 13.2 Å². The minimum absolute atomic E-state index is 0.0488. The second-order valence-electron chi connectivity index (χ2n) is 4.23. The van der Waals surface area contributed by atoms with Gasteiger partial charge in [-0.1, -0.05) is 30.4 Å². The van der Waals surface area contributed by atoms with Crippen LogP contribution in [0, 0.1) is 0 Å². The van der Waals surface area contributed by atoms with Crippen LogP contribution in [0.25, 0.3) is 0 Å². The highest BCUT2D eigenvalue weighted by molar-refractivity contribution is 7.89. The van der Waals surface area contributed by atoms with E-state index in [1.807, 2.05) is 19.9 Å². The number of amides is 1. The van der Waals surface area contributed by atoms with Crippen LogP contribution in [0.5, 0.6) is 0 Å². The standard InChI is InChI=1S/C14H18N2O3S/c1-3-4-5-6-14(17)16-11(2)12-7-9-13(10-8-12)20(15,18)19/h3-11H,1-2H3,(H,16,17)(H2,15,18,19)/b4-3+,6-5-/t11-/m1/s1. The number of primary sulfonamides is 1. The van der Waals surface area contributed by atoms with Gasteiger partial charge in [-0.2, -0.15) is 0 Å². The second kappa shape index (κ2) is 7.02. The van der Waals surface area contributed by atoms with Gasteiger partial charge in [-0.15, -0.1) is 0 Å². The monoisotopic (exact) mass is 294 g/mol. The third-order valence-electron chi connectivity index (χ3n) is 2.62. The fraction of sp³-hybridized carbons (Fsp3) is 0.214. The van der Waals surface area contributed by atoms with Crippen LogP contribution in [0.4, 0.5) is 0 Å². The molecule has 108 valence electrons. The number of nitrogens with one attached hydrogen (secondary N) is 1. The van der Waals surface area contributed by atoms with E-state index >= 15 is 0 Å². The molecular formula is C14H18N2O3S. The van der Waals surface area contributed by atoms with Crippen LogP contribution in [0.2, 0.25) is 0 Å². The third-order valence-corrected chi connectivity index (χ3v) is 3.55. The zero-order valence-electron chi connectivity index (χ0n) is 11.4. The Morgan fingerprint density at radius 3 is 2.35 bits per heavy atom. The molecule has 1 rings (SSSR count). The normalized spacial score (nSPS) is 13.8. The summed E-state index contributed by atoms with van der Waals surface area (Å²) in [6.45, 7) is 3.67. The minimum atomic E-state index is -3.69. The second-order valence-corrected chi connectivity index (χ2v) is 5.79. The van der Waals surface area contributed by atoms with Crippen molar-refractivity contribution in [3.63, 3.8) is 0 Å². The first kappa shape index (κ1) is 16.1. The fourth-order valence-electron chi connectivity index (χ4n) is 1.55. The molecule has 6 heteroatoms. The summed E-state index contributed by atoms with van der Waals surface area (Å²) in [7, 11) is -3.69. The van der Waals surface area contributed by atoms with Crippen molar-refractivity contribution >= 4 is 15.9 Å². The number of nitrogens with two attached hydrogens (primary N) is 1. The molecule has 0 saturated carbocycles. The van der Waals surface area contributed by atoms with Gasteiger partial charge in [0, 0.05) is 6.08 Å². The van der Waals surface area contributed by atoms with E-state index in [1.54, 1.807) is 24.3 Å². The van der Waals surface area contributed by atoms with Gasteiger partial charge in [-0.05, 0) is 31.5 Å². The molecule has 0 spiro atoms. The molecule has 0 bridgehead atoms. The smallest absolute Gasteiger partial charge is 0.244 e. The van der Waals surface area contributed by atoms with E-state index in [-0.39, 0.29) is 16.8 Å². The van der Waals surface area contributed by atoms with Crippen LogP contribution in [-0.2, 0) is 14.8 Å². The lowest BCUT2D eigenvalue weighted by molar-refractivity contribution is -0.117. The van der Waals surface area contributed by atoms with Gasteiger partial charge < -0.3 is 5.32 Å². The van der Waals surface area contributed by atoms with Crippen LogP contribution in [0.1, 0.15) is 25.5 Å². The first-order valence-corrected chi connectivity index (χ1v) is 7.62. The van der Waals surface area contributed by atoms with Crippen LogP contribution in [-0.4, -0.2) is 14.3 Å². The number of hydrogen-bond acceptors (Lipinski definition) is 3. The van der Waals surface area contributed by atoms with Gasteiger partial charge in [0.1, 0.15) is 0 Å². The van der Waals surface area contributed by atoms with E-state index in [0.29, 0.717) is 0 Å². The van der Waals surface area contributed by atoms with E-state index in [2.05, 4.69) is 5.32 Å². The number of allylic oxidation sites excluding steroid dienone is 3. The summed E-state index contributed by atoms with van der Waals surface area (Å²) in [5.41, 5.74) is 0.796. The predicted octanol–water partition coefficient (Wildman–Crippen LogP) is 1.64. The summed E-state index contributed by atoms with van der Waals surface area (Å²) in [4.78, 5) is 11.6. The number of benzene rings is 1. The molecule has 0 aliphatic carbocycles. The average Bonchev–Trinajstić information content (AvgIpc) is 2.38. The number of carbonyl (C=O) groups excluding carboxylic acids is 1. The fourth-order valence-corrected chi connectivity index (χ4v) is 2.06. The predicted molar refractivity (Wildman–Crippen MR) is 78.3 cm³/mol. The molecule has 0 saturated heterocycles. The Morgan fingerprint density at radius 1 is 1.25 bits per heavy atom. The summed E-state index contributed by atoms with van der Waals surface area (Å²) in [6.07, 6.45) is 6.64. The number of sulfonamides is 1. The molecular weight excluding hydrogens is 276 g/mol. The summed E-state index contributed by atoms with van der Waals surface area (Å²) in [5.74, 6) is -0.217. The average molecular weight is 294 g/mol. The summed E-state index contributed by atoms with van der Waals surface area (Å²) >= 11 is 0. The molecule has 1 aromatic carbocycles. The van der Waals surface area contributed by atoms with Crippen molar-refractivity contribution in [1.82, 2.24) is 5.32 Å². The molecule has 0 aromatic heterocycles. The molecule has 0 aliphatic rings. The SMILES string of the molecule is C/C=C/C=C\C(=O)N[C@H](C)c1ccc(S(N)(=O)=O)cc1. The highest BCUT2D eigenvalue weighted by atomic mass is 32.2. The van der Waals surface area contributed by atoms with E-state index in [4.69, 9.17) is 5.14 Å². The molecule has 1 aromatic rings. The van der Waals surface area contributed by atoms with Crippen molar-refractivity contribution in [2.45, 2.75) is 24.8 Å². The minimum Gasteiger partial charge on any atom is -0.346 e. The molecule has 0 aliphatic heterocycles. The van der Waals surface area contributed by atoms with Gasteiger partial charge in [0.05, 0.1) is 10.9 Å². The van der Waals surface area contributed by atoms with E-state index in [0.717, 1.165) is 5.56 Å². The van der Waals surface area contributed by atoms with E-state index in [1.165, 1.54) is 18.2 Å². The van der Waals surface area contributed by atoms with Gasteiger partial charge in [0.2, 0.25) is 15.9 Å². The van der Waals surface area contributed by atoms with Crippen molar-refractivity contribution in [3.8, 4) is 0 Å². The van der Waals surface area contributed by atoms with Gasteiger partial charge in [-0.25, -0.2) is 13.6 Å². The van der Waals surface area contributed by atoms with Crippen molar-refractivity contribution in [3.05, 3.63) is 54.1 Å². The molecule has 0 unspecified atom stereocenters. The quantitative estimate of drug-likeness (QED) is 0.639. The van der Waals surface area contributed by atoms with Gasteiger partial charge >= 0.3 is 0 Å². The van der Waals surface area contributed by atoms with Crippen molar-refractivity contribution in [2.24, 2.45) is 5.14 Å². The Hall–Kier alpha value is -1.92. The molecule has 1 atom stereocenters. The maximum Gasteiger partial charge on any atom is 0.244 e. The Bertz CT molecular complexity index is 616. The van der Waals surface area contributed by atoms with Gasteiger partial charge in [0.15, 0.2) is 0 Å². The largest absolute Gasteiger partial charge is 0.346 e. The lowest BCUT2D eigenvalue weighted by atomic mass is 10.1. The lowest BCUT2D eigenvalue weighted by Crippen LogP contribution is -2.24. The molecule has 0 heterocycles. The molecule has 1 amide bonds. The number of carbonyl (C=O) groups is 1. The topological polar surface area (TPSA) is 89.3 Å². The first-order chi connectivity index (χ1) is 9.34. The van der Waals surface area contributed by atoms with Crippen LogP contribution >= 0.6 is 0 Å². The summed E-state index contributed by atoms with van der Waals surface area (Å²) in [6, 6.07) is 5.86. The molecule has 5 nitrogen and oxygen atoms in total. The van der Waals surface area contributed by atoms with Gasteiger partial charge in [-0.3, -0.25) is 4.79 Å². The molecule has 0 radical (unpaired) electrons. The van der Waals surface area contributed by atoms with Crippen LogP contribution in [0.3, 0.4) is 0 Å². The van der Waals surface area contributed by atoms with Crippen LogP contribution in [0.15, 0.2) is 53.5 Å². The Balaban J connectivity index is 2.73. The number of hydrogen-bond donors (Lipinski definition) is 2. The third kappa shape index (κ3) is 4.99. The zero-order valence-corrected chi connectivity index (χ0v) is 12.2. The summed E-state index contributed by atoms with van der Waals surface area (Å²) < 4.78 is 22.3. The molecule has 20 heavy (non-hydrogen) atoms. The summed E-state index contributed by atoms with van der Waals surface area (Å²) in [5, 5.41) is 7.79. The lowest BCUT2D eigenvalue weighted by Gasteiger charge is -2.13. The highest BCUT2D eigenvalue weighted by Gasteiger charge is 2.10. The zero-order chi connectivity index (χ0) is 15.2.